The highest BCUT2D eigenvalue weighted by molar-refractivity contribution is 5.39. The Morgan fingerprint density at radius 3 is 2.43 bits per heavy atom. The van der Waals surface area contributed by atoms with Gasteiger partial charge in [-0.2, -0.15) is 13.9 Å². The van der Waals surface area contributed by atoms with Crippen molar-refractivity contribution in [2.24, 2.45) is 0 Å². The van der Waals surface area contributed by atoms with E-state index in [-0.39, 0.29) is 17.3 Å². The second-order valence-electron chi connectivity index (χ2n) is 6.80. The molecule has 0 amide bonds. The minimum absolute atomic E-state index is 0.00863. The van der Waals surface area contributed by atoms with Gasteiger partial charge in [-0.05, 0) is 44.4 Å². The third kappa shape index (κ3) is 4.06. The van der Waals surface area contributed by atoms with Crippen molar-refractivity contribution in [2.45, 2.75) is 59.1 Å². The zero-order chi connectivity index (χ0) is 17.2. The van der Waals surface area contributed by atoms with Crippen molar-refractivity contribution in [3.63, 3.8) is 0 Å². The van der Waals surface area contributed by atoms with E-state index in [9.17, 15) is 8.78 Å². The van der Waals surface area contributed by atoms with E-state index in [0.29, 0.717) is 6.42 Å². The third-order valence-corrected chi connectivity index (χ3v) is 3.55. The number of hydrogen-bond donors (Lipinski definition) is 0. The van der Waals surface area contributed by atoms with Gasteiger partial charge in [0, 0.05) is 30.1 Å². The predicted octanol–water partition coefficient (Wildman–Crippen LogP) is 4.35. The molecule has 0 aliphatic rings. The van der Waals surface area contributed by atoms with E-state index in [4.69, 9.17) is 0 Å². The molecule has 2 heterocycles. The Bertz CT molecular complexity index is 660. The van der Waals surface area contributed by atoms with E-state index in [2.05, 4.69) is 35.6 Å². The Kier molecular flexibility index (Phi) is 5.02. The lowest BCUT2D eigenvalue weighted by molar-refractivity contribution is -0.0536. The second-order valence-corrected chi connectivity index (χ2v) is 6.80. The number of halogens is 2. The van der Waals surface area contributed by atoms with Gasteiger partial charge in [-0.3, -0.25) is 4.68 Å². The Balaban J connectivity index is 2.43. The molecule has 0 radical (unpaired) electrons. The summed E-state index contributed by atoms with van der Waals surface area (Å²) in [6.07, 6.45) is 3.86. The molecule has 2 rings (SSSR count). The maximum absolute atomic E-state index is 12.6. The van der Waals surface area contributed by atoms with Crippen molar-refractivity contribution in [2.75, 3.05) is 0 Å². The van der Waals surface area contributed by atoms with Crippen molar-refractivity contribution in [1.82, 2.24) is 14.8 Å². The fourth-order valence-electron chi connectivity index (χ4n) is 2.71. The number of nitrogens with zero attached hydrogens (tertiary/aromatic N) is 3. The summed E-state index contributed by atoms with van der Waals surface area (Å²) in [7, 11) is 0. The number of hydrogen-bond acceptors (Lipinski definition) is 3. The molecule has 0 spiro atoms. The van der Waals surface area contributed by atoms with Crippen LogP contribution >= 0.6 is 0 Å². The van der Waals surface area contributed by atoms with Gasteiger partial charge in [-0.15, -0.1) is 0 Å². The third-order valence-electron chi connectivity index (χ3n) is 3.55. The van der Waals surface area contributed by atoms with Crippen LogP contribution in [-0.4, -0.2) is 21.4 Å². The molecule has 0 saturated carbocycles. The molecule has 23 heavy (non-hydrogen) atoms. The van der Waals surface area contributed by atoms with Crippen molar-refractivity contribution in [3.05, 3.63) is 41.3 Å². The number of aromatic nitrogens is 3. The molecule has 0 saturated heterocycles. The van der Waals surface area contributed by atoms with E-state index in [1.165, 1.54) is 6.20 Å². The maximum Gasteiger partial charge on any atom is 0.388 e. The molecule has 0 unspecified atom stereocenters. The average Bonchev–Trinajstić information content (AvgIpc) is 2.85. The zero-order valence-corrected chi connectivity index (χ0v) is 14.2. The van der Waals surface area contributed by atoms with Crippen molar-refractivity contribution >= 4 is 0 Å². The smallest absolute Gasteiger partial charge is 0.388 e. The van der Waals surface area contributed by atoms with Crippen LogP contribution in [0.2, 0.25) is 0 Å². The summed E-state index contributed by atoms with van der Waals surface area (Å²) in [5, 5.41) is 4.38. The summed E-state index contributed by atoms with van der Waals surface area (Å²) in [6, 6.07) is 3.80. The number of alkyl halides is 2. The van der Waals surface area contributed by atoms with Crippen LogP contribution in [0.3, 0.4) is 0 Å². The highest BCUT2D eigenvalue weighted by Gasteiger charge is 2.21. The van der Waals surface area contributed by atoms with Crippen LogP contribution < -0.4 is 4.74 Å². The minimum Gasteiger partial charge on any atom is -0.417 e. The Morgan fingerprint density at radius 1 is 1.17 bits per heavy atom. The van der Waals surface area contributed by atoms with Gasteiger partial charge in [0.25, 0.3) is 0 Å². The van der Waals surface area contributed by atoms with Gasteiger partial charge in [-0.1, -0.05) is 13.8 Å². The van der Waals surface area contributed by atoms with Gasteiger partial charge in [-0.25, -0.2) is 4.98 Å². The molecule has 0 bridgehead atoms. The average molecular weight is 323 g/mol. The molecule has 4 nitrogen and oxygen atoms in total. The van der Waals surface area contributed by atoms with E-state index in [0.717, 1.165) is 16.8 Å². The van der Waals surface area contributed by atoms with Crippen molar-refractivity contribution in [3.8, 4) is 5.88 Å². The molecule has 0 atom stereocenters. The van der Waals surface area contributed by atoms with Gasteiger partial charge in [0.1, 0.15) is 0 Å². The molecule has 0 fully saturated rings. The largest absolute Gasteiger partial charge is 0.417 e. The van der Waals surface area contributed by atoms with Gasteiger partial charge < -0.3 is 4.74 Å². The summed E-state index contributed by atoms with van der Waals surface area (Å²) in [6.45, 7) is 7.23. The standard InChI is InChI=1S/C17H23F2N3O/c1-11(2)14-12(6-8-20-15(14)23-16(18)19)10-13-7-9-21-22(13)17(3,4)5/h6-9,11,16H,10H2,1-5H3. The lowest BCUT2D eigenvalue weighted by atomic mass is 9.95. The molecule has 0 aliphatic heterocycles. The van der Waals surface area contributed by atoms with E-state index in [1.54, 1.807) is 6.20 Å². The Hall–Kier alpha value is -1.98. The van der Waals surface area contributed by atoms with Crippen LogP contribution in [0.5, 0.6) is 5.88 Å². The first-order valence-corrected chi connectivity index (χ1v) is 7.66. The highest BCUT2D eigenvalue weighted by Crippen LogP contribution is 2.31. The monoisotopic (exact) mass is 323 g/mol. The lowest BCUT2D eigenvalue weighted by Gasteiger charge is -2.23. The molecule has 2 aromatic heterocycles. The normalized spacial score (nSPS) is 12.2. The first-order chi connectivity index (χ1) is 10.7. The summed E-state index contributed by atoms with van der Waals surface area (Å²) >= 11 is 0. The van der Waals surface area contributed by atoms with E-state index >= 15 is 0 Å². The highest BCUT2D eigenvalue weighted by atomic mass is 19.3. The van der Waals surface area contributed by atoms with Crippen LogP contribution in [0.1, 0.15) is 57.4 Å². The molecular weight excluding hydrogens is 300 g/mol. The lowest BCUT2D eigenvalue weighted by Crippen LogP contribution is -2.25. The molecule has 2 aromatic rings. The molecule has 0 aromatic carbocycles. The van der Waals surface area contributed by atoms with Crippen molar-refractivity contribution in [1.29, 1.82) is 0 Å². The molecule has 0 N–H and O–H groups in total. The van der Waals surface area contributed by atoms with E-state index < -0.39 is 6.61 Å². The molecule has 0 aliphatic carbocycles. The van der Waals surface area contributed by atoms with E-state index in [1.807, 2.05) is 30.7 Å². The second kappa shape index (κ2) is 6.64. The van der Waals surface area contributed by atoms with Crippen LogP contribution in [0, 0.1) is 0 Å². The Morgan fingerprint density at radius 2 is 1.87 bits per heavy atom. The molecule has 126 valence electrons. The maximum atomic E-state index is 12.6. The first-order valence-electron chi connectivity index (χ1n) is 7.66. The minimum atomic E-state index is -2.88. The Labute approximate surface area is 135 Å². The fourth-order valence-corrected chi connectivity index (χ4v) is 2.71. The summed E-state index contributed by atoms with van der Waals surface area (Å²) < 4.78 is 31.8. The van der Waals surface area contributed by atoms with Gasteiger partial charge in [0.05, 0.1) is 5.54 Å². The number of rotatable bonds is 5. The van der Waals surface area contributed by atoms with Crippen LogP contribution in [-0.2, 0) is 12.0 Å². The fraction of sp³-hybridized carbons (Fsp3) is 0.529. The molecule has 6 heteroatoms. The summed E-state index contributed by atoms with van der Waals surface area (Å²) in [5.41, 5.74) is 2.52. The van der Waals surface area contributed by atoms with Gasteiger partial charge in [0.2, 0.25) is 5.88 Å². The summed E-state index contributed by atoms with van der Waals surface area (Å²) in [4.78, 5) is 3.98. The van der Waals surface area contributed by atoms with Crippen molar-refractivity contribution < 1.29 is 13.5 Å². The SMILES string of the molecule is CC(C)c1c(Cc2ccnn2C(C)(C)C)ccnc1OC(F)F. The quantitative estimate of drug-likeness (QED) is 0.821. The predicted molar refractivity (Wildman–Crippen MR) is 85.0 cm³/mol. The topological polar surface area (TPSA) is 39.9 Å². The molecular formula is C17H23F2N3O. The first kappa shape index (κ1) is 17.4. The number of ether oxygens (including phenoxy) is 1. The zero-order valence-electron chi connectivity index (χ0n) is 14.2. The van der Waals surface area contributed by atoms with Gasteiger partial charge in [0.15, 0.2) is 0 Å². The summed E-state index contributed by atoms with van der Waals surface area (Å²) in [5.74, 6) is 0.0350. The van der Waals surface area contributed by atoms with Crippen LogP contribution in [0.4, 0.5) is 8.78 Å². The van der Waals surface area contributed by atoms with Crippen LogP contribution in [0.25, 0.3) is 0 Å². The number of pyridine rings is 1. The van der Waals surface area contributed by atoms with Gasteiger partial charge >= 0.3 is 6.61 Å². The van der Waals surface area contributed by atoms with Crippen LogP contribution in [0.15, 0.2) is 24.5 Å².